The third-order valence-electron chi connectivity index (χ3n) is 1.89. The third kappa shape index (κ3) is 3.59. The lowest BCUT2D eigenvalue weighted by atomic mass is 10.3. The van der Waals surface area contributed by atoms with Crippen molar-refractivity contribution in [1.82, 2.24) is 5.73 Å². The highest BCUT2D eigenvalue weighted by molar-refractivity contribution is 5.87. The molecule has 0 atom stereocenters. The highest BCUT2D eigenvalue weighted by Crippen LogP contribution is 2.13. The van der Waals surface area contributed by atoms with E-state index in [2.05, 4.69) is 0 Å². The SMILES string of the molecule is CCCCON(C([NH])=O)c1ccccc1. The molecule has 1 aromatic carbocycles. The molecule has 0 spiro atoms. The van der Waals surface area contributed by atoms with E-state index in [1.54, 1.807) is 24.3 Å². The van der Waals surface area contributed by atoms with Crippen molar-refractivity contribution in [2.75, 3.05) is 11.7 Å². The second kappa shape index (κ2) is 6.03. The molecule has 0 aliphatic heterocycles. The Morgan fingerprint density at radius 3 is 2.60 bits per heavy atom. The van der Waals surface area contributed by atoms with Crippen LogP contribution in [-0.4, -0.2) is 12.6 Å². The van der Waals surface area contributed by atoms with E-state index in [9.17, 15) is 4.79 Å². The Hall–Kier alpha value is -1.55. The fraction of sp³-hybridized carbons (Fsp3) is 0.364. The monoisotopic (exact) mass is 207 g/mol. The van der Waals surface area contributed by atoms with Gasteiger partial charge in [-0.25, -0.2) is 10.5 Å². The van der Waals surface area contributed by atoms with E-state index >= 15 is 0 Å². The molecule has 1 aromatic rings. The normalized spacial score (nSPS) is 9.93. The molecule has 0 saturated carbocycles. The van der Waals surface area contributed by atoms with Crippen molar-refractivity contribution in [2.45, 2.75) is 19.8 Å². The number of urea groups is 1. The van der Waals surface area contributed by atoms with Crippen molar-refractivity contribution in [2.24, 2.45) is 0 Å². The fourth-order valence-electron chi connectivity index (χ4n) is 1.11. The van der Waals surface area contributed by atoms with E-state index in [-0.39, 0.29) is 0 Å². The van der Waals surface area contributed by atoms with Crippen molar-refractivity contribution in [1.29, 1.82) is 0 Å². The zero-order valence-electron chi connectivity index (χ0n) is 8.77. The molecule has 1 radical (unpaired) electrons. The molecule has 0 bridgehead atoms. The summed E-state index contributed by atoms with van der Waals surface area (Å²) < 4.78 is 0. The van der Waals surface area contributed by atoms with Crippen molar-refractivity contribution in [3.05, 3.63) is 30.3 Å². The van der Waals surface area contributed by atoms with Gasteiger partial charge in [-0.05, 0) is 18.6 Å². The van der Waals surface area contributed by atoms with Crippen molar-refractivity contribution < 1.29 is 9.63 Å². The molecule has 15 heavy (non-hydrogen) atoms. The minimum absolute atomic E-state index is 0.454. The predicted octanol–water partition coefficient (Wildman–Crippen LogP) is 2.63. The van der Waals surface area contributed by atoms with Gasteiger partial charge < -0.3 is 0 Å². The van der Waals surface area contributed by atoms with Crippen LogP contribution in [-0.2, 0) is 4.84 Å². The van der Waals surface area contributed by atoms with Gasteiger partial charge in [0.05, 0.1) is 12.3 Å². The van der Waals surface area contributed by atoms with Crippen LogP contribution in [0.15, 0.2) is 30.3 Å². The van der Waals surface area contributed by atoms with E-state index < -0.39 is 6.03 Å². The Morgan fingerprint density at radius 2 is 2.07 bits per heavy atom. The van der Waals surface area contributed by atoms with Gasteiger partial charge in [-0.2, -0.15) is 5.06 Å². The summed E-state index contributed by atoms with van der Waals surface area (Å²) in [6, 6.07) is 8.07. The molecular formula is C11H15N2O2. The summed E-state index contributed by atoms with van der Waals surface area (Å²) in [5, 5.41) is 1.01. The highest BCUT2D eigenvalue weighted by atomic mass is 16.7. The number of hydrogen-bond acceptors (Lipinski definition) is 2. The molecule has 1 N–H and O–H groups in total. The van der Waals surface area contributed by atoms with E-state index in [1.165, 1.54) is 0 Å². The number of amides is 2. The standard InChI is InChI=1S/C11H15N2O2/c1-2-3-9-15-13(11(12)14)10-7-5-4-6-8-10/h4-8,12H,2-3,9H2,1H3. The summed E-state index contributed by atoms with van der Waals surface area (Å²) in [4.78, 5) is 16.2. The number of nitrogens with zero attached hydrogens (tertiary/aromatic N) is 1. The van der Waals surface area contributed by atoms with Crippen LogP contribution in [0.1, 0.15) is 19.8 Å². The summed E-state index contributed by atoms with van der Waals surface area (Å²) in [6.07, 6.45) is 1.87. The van der Waals surface area contributed by atoms with E-state index in [0.717, 1.165) is 17.9 Å². The summed E-state index contributed by atoms with van der Waals surface area (Å²) in [5.74, 6) is 0. The molecule has 0 fully saturated rings. The third-order valence-corrected chi connectivity index (χ3v) is 1.89. The van der Waals surface area contributed by atoms with Crippen LogP contribution in [0, 0.1) is 0 Å². The second-order valence-corrected chi connectivity index (χ2v) is 3.12. The molecule has 81 valence electrons. The molecule has 0 aliphatic rings. The number of rotatable bonds is 5. The molecule has 1 rings (SSSR count). The summed E-state index contributed by atoms with van der Waals surface area (Å²) in [6.45, 7) is 2.49. The number of benzene rings is 1. The van der Waals surface area contributed by atoms with Crippen LogP contribution in [0.2, 0.25) is 0 Å². The summed E-state index contributed by atoms with van der Waals surface area (Å²) >= 11 is 0. The van der Waals surface area contributed by atoms with E-state index in [4.69, 9.17) is 10.6 Å². The van der Waals surface area contributed by atoms with Gasteiger partial charge in [0.1, 0.15) is 0 Å². The number of nitrogens with one attached hydrogen (secondary N) is 1. The zero-order valence-corrected chi connectivity index (χ0v) is 8.77. The lowest BCUT2D eigenvalue weighted by molar-refractivity contribution is 0.117. The minimum Gasteiger partial charge on any atom is -0.264 e. The molecule has 2 amide bonds. The first-order chi connectivity index (χ1) is 7.25. The van der Waals surface area contributed by atoms with Gasteiger partial charge >= 0.3 is 6.03 Å². The number of hydrogen-bond donors (Lipinski definition) is 0. The fourth-order valence-corrected chi connectivity index (χ4v) is 1.11. The topological polar surface area (TPSA) is 53.3 Å². The van der Waals surface area contributed by atoms with E-state index in [0.29, 0.717) is 12.3 Å². The molecule has 4 heteroatoms. The van der Waals surface area contributed by atoms with Crippen LogP contribution >= 0.6 is 0 Å². The van der Waals surface area contributed by atoms with Gasteiger partial charge in [-0.1, -0.05) is 31.5 Å². The van der Waals surface area contributed by atoms with Gasteiger partial charge in [0, 0.05) is 0 Å². The van der Waals surface area contributed by atoms with Crippen LogP contribution in [0.4, 0.5) is 10.5 Å². The summed E-state index contributed by atoms with van der Waals surface area (Å²) in [7, 11) is 0. The van der Waals surface area contributed by atoms with Crippen molar-refractivity contribution in [3.8, 4) is 0 Å². The first kappa shape index (κ1) is 11.5. The Bertz CT molecular complexity index is 301. The molecule has 4 nitrogen and oxygen atoms in total. The van der Waals surface area contributed by atoms with Gasteiger partial charge in [0.15, 0.2) is 0 Å². The van der Waals surface area contributed by atoms with Crippen LogP contribution < -0.4 is 10.8 Å². The van der Waals surface area contributed by atoms with Crippen molar-refractivity contribution >= 4 is 11.7 Å². The van der Waals surface area contributed by atoms with Gasteiger partial charge in [-0.3, -0.25) is 4.84 Å². The predicted molar refractivity (Wildman–Crippen MR) is 58.3 cm³/mol. The molecule has 0 aliphatic carbocycles. The first-order valence-electron chi connectivity index (χ1n) is 4.99. The van der Waals surface area contributed by atoms with Gasteiger partial charge in [0.2, 0.25) is 0 Å². The van der Waals surface area contributed by atoms with Crippen LogP contribution in [0.3, 0.4) is 0 Å². The Kier molecular flexibility index (Phi) is 4.63. The maximum Gasteiger partial charge on any atom is 0.364 e. The quantitative estimate of drug-likeness (QED) is 0.550. The molecule has 0 aromatic heterocycles. The Balaban J connectivity index is 2.62. The molecular weight excluding hydrogens is 192 g/mol. The smallest absolute Gasteiger partial charge is 0.264 e. The number of para-hydroxylation sites is 1. The zero-order chi connectivity index (χ0) is 11.1. The van der Waals surface area contributed by atoms with Gasteiger partial charge in [0.25, 0.3) is 0 Å². The molecule has 0 unspecified atom stereocenters. The number of anilines is 1. The van der Waals surface area contributed by atoms with Gasteiger partial charge in [-0.15, -0.1) is 0 Å². The average Bonchev–Trinajstić information content (AvgIpc) is 2.25. The number of carbonyl (C=O) groups is 1. The highest BCUT2D eigenvalue weighted by Gasteiger charge is 2.12. The number of unbranched alkanes of at least 4 members (excludes halogenated alkanes) is 1. The van der Waals surface area contributed by atoms with Crippen LogP contribution in [0.25, 0.3) is 0 Å². The maximum absolute atomic E-state index is 11.0. The lowest BCUT2D eigenvalue weighted by Gasteiger charge is -2.18. The van der Waals surface area contributed by atoms with Crippen molar-refractivity contribution in [3.63, 3.8) is 0 Å². The summed E-state index contributed by atoms with van der Waals surface area (Å²) in [5.41, 5.74) is 7.66. The minimum atomic E-state index is -0.850. The Morgan fingerprint density at radius 1 is 1.40 bits per heavy atom. The van der Waals surface area contributed by atoms with Crippen LogP contribution in [0.5, 0.6) is 0 Å². The maximum atomic E-state index is 11.0. The number of hydroxylamine groups is 1. The average molecular weight is 207 g/mol. The first-order valence-corrected chi connectivity index (χ1v) is 4.99. The lowest BCUT2D eigenvalue weighted by Crippen LogP contribution is -2.30. The van der Waals surface area contributed by atoms with E-state index in [1.807, 2.05) is 13.0 Å². The number of carbonyl (C=O) groups excluding carboxylic acids is 1. The Labute approximate surface area is 89.6 Å². The second-order valence-electron chi connectivity index (χ2n) is 3.12. The molecule has 0 heterocycles. The molecule has 0 saturated heterocycles. The largest absolute Gasteiger partial charge is 0.364 e.